The number of hydrogen-bond donors (Lipinski definition) is 0. The molecule has 0 radical (unpaired) electrons. The summed E-state index contributed by atoms with van der Waals surface area (Å²) < 4.78 is 5.93. The number of ether oxygens (including phenoxy) is 1. The fourth-order valence-corrected chi connectivity index (χ4v) is 2.61. The van der Waals surface area contributed by atoms with Crippen LogP contribution in [-0.4, -0.2) is 36.5 Å². The predicted octanol–water partition coefficient (Wildman–Crippen LogP) is 3.85. The molecule has 3 nitrogen and oxygen atoms in total. The second-order valence-electron chi connectivity index (χ2n) is 5.90. The highest BCUT2D eigenvalue weighted by molar-refractivity contribution is 5.82. The molecule has 1 aliphatic rings. The Kier molecular flexibility index (Phi) is 5.18. The summed E-state index contributed by atoms with van der Waals surface area (Å²) in [6, 6.07) is 6.29. The summed E-state index contributed by atoms with van der Waals surface area (Å²) in [6.07, 6.45) is 2.75. The molecule has 1 aliphatic heterocycles. The van der Waals surface area contributed by atoms with E-state index in [4.69, 9.17) is 9.73 Å². The first-order chi connectivity index (χ1) is 9.56. The van der Waals surface area contributed by atoms with Crippen molar-refractivity contribution in [3.63, 3.8) is 0 Å². The first-order valence-electron chi connectivity index (χ1n) is 7.59. The molecule has 1 fully saturated rings. The van der Waals surface area contributed by atoms with Crippen LogP contribution in [0.4, 0.5) is 5.69 Å². The number of aryl methyl sites for hydroxylation is 2. The molecular weight excluding hydrogens is 248 g/mol. The zero-order chi connectivity index (χ0) is 14.5. The molecule has 110 valence electrons. The molecule has 0 unspecified atom stereocenters. The molecule has 1 aromatic carbocycles. The minimum atomic E-state index is 0.167. The van der Waals surface area contributed by atoms with E-state index in [0.29, 0.717) is 0 Å². The van der Waals surface area contributed by atoms with Crippen LogP contribution in [0.15, 0.2) is 23.2 Å². The standard InChI is InChI=1S/C17H26N2O/c1-13(2)20-16(12-19-10-5-6-11-19)18-17-14(3)8-7-9-15(17)4/h7-9,13H,5-6,10-12H2,1-4H3/b18-16-. The van der Waals surface area contributed by atoms with Crippen LogP contribution in [0.5, 0.6) is 0 Å². The van der Waals surface area contributed by atoms with Gasteiger partial charge in [-0.3, -0.25) is 4.90 Å². The van der Waals surface area contributed by atoms with Gasteiger partial charge >= 0.3 is 0 Å². The van der Waals surface area contributed by atoms with Crippen molar-refractivity contribution in [2.75, 3.05) is 19.6 Å². The SMILES string of the molecule is Cc1cccc(C)c1/N=C(/CN1CCCC1)OC(C)C. The van der Waals surface area contributed by atoms with Crippen LogP contribution in [-0.2, 0) is 4.74 Å². The van der Waals surface area contributed by atoms with Crippen molar-refractivity contribution < 1.29 is 4.74 Å². The lowest BCUT2D eigenvalue weighted by atomic mass is 10.1. The van der Waals surface area contributed by atoms with E-state index < -0.39 is 0 Å². The summed E-state index contributed by atoms with van der Waals surface area (Å²) in [6.45, 7) is 11.5. The van der Waals surface area contributed by atoms with E-state index in [1.807, 2.05) is 0 Å². The maximum atomic E-state index is 5.93. The summed E-state index contributed by atoms with van der Waals surface area (Å²) in [5, 5.41) is 0. The predicted molar refractivity (Wildman–Crippen MR) is 84.9 cm³/mol. The molecule has 0 spiro atoms. The van der Waals surface area contributed by atoms with Crippen LogP contribution in [0.3, 0.4) is 0 Å². The van der Waals surface area contributed by atoms with E-state index in [1.54, 1.807) is 0 Å². The molecule has 0 aliphatic carbocycles. The maximum Gasteiger partial charge on any atom is 0.203 e. The quantitative estimate of drug-likeness (QED) is 0.615. The summed E-state index contributed by atoms with van der Waals surface area (Å²) in [4.78, 5) is 7.24. The number of para-hydroxylation sites is 1. The van der Waals surface area contributed by atoms with Crippen molar-refractivity contribution in [1.82, 2.24) is 4.90 Å². The van der Waals surface area contributed by atoms with Gasteiger partial charge in [0.1, 0.15) is 0 Å². The summed E-state index contributed by atoms with van der Waals surface area (Å²) in [5.41, 5.74) is 3.47. The van der Waals surface area contributed by atoms with Crippen LogP contribution >= 0.6 is 0 Å². The molecule has 1 saturated heterocycles. The zero-order valence-corrected chi connectivity index (χ0v) is 13.1. The Balaban J connectivity index is 2.22. The molecule has 0 saturated carbocycles. The molecule has 3 heteroatoms. The highest BCUT2D eigenvalue weighted by Crippen LogP contribution is 2.24. The van der Waals surface area contributed by atoms with Crippen molar-refractivity contribution in [1.29, 1.82) is 0 Å². The Morgan fingerprint density at radius 1 is 1.20 bits per heavy atom. The van der Waals surface area contributed by atoms with Gasteiger partial charge in [-0.05, 0) is 64.8 Å². The molecule has 0 atom stereocenters. The second-order valence-corrected chi connectivity index (χ2v) is 5.90. The molecule has 1 aromatic rings. The van der Waals surface area contributed by atoms with E-state index in [2.05, 4.69) is 50.8 Å². The molecule has 1 heterocycles. The van der Waals surface area contributed by atoms with E-state index in [0.717, 1.165) is 31.2 Å². The van der Waals surface area contributed by atoms with Gasteiger partial charge in [0.2, 0.25) is 5.90 Å². The number of hydrogen-bond acceptors (Lipinski definition) is 3. The van der Waals surface area contributed by atoms with Gasteiger partial charge < -0.3 is 4.74 Å². The zero-order valence-electron chi connectivity index (χ0n) is 13.1. The summed E-state index contributed by atoms with van der Waals surface area (Å²) in [5.74, 6) is 0.847. The van der Waals surface area contributed by atoms with Gasteiger partial charge in [0, 0.05) is 0 Å². The first-order valence-corrected chi connectivity index (χ1v) is 7.59. The van der Waals surface area contributed by atoms with Gasteiger partial charge in [-0.2, -0.15) is 0 Å². The minimum Gasteiger partial charge on any atom is -0.477 e. The first kappa shape index (κ1) is 15.0. The molecule has 0 aromatic heterocycles. The lowest BCUT2D eigenvalue weighted by Gasteiger charge is -2.19. The Morgan fingerprint density at radius 2 is 1.80 bits per heavy atom. The highest BCUT2D eigenvalue weighted by atomic mass is 16.5. The van der Waals surface area contributed by atoms with Crippen molar-refractivity contribution >= 4 is 11.6 Å². The number of benzene rings is 1. The smallest absolute Gasteiger partial charge is 0.203 e. The van der Waals surface area contributed by atoms with Crippen LogP contribution in [0.2, 0.25) is 0 Å². The Morgan fingerprint density at radius 3 is 2.35 bits per heavy atom. The summed E-state index contributed by atoms with van der Waals surface area (Å²) >= 11 is 0. The fraction of sp³-hybridized carbons (Fsp3) is 0.588. The van der Waals surface area contributed by atoms with Gasteiger partial charge in [0.25, 0.3) is 0 Å². The lowest BCUT2D eigenvalue weighted by molar-refractivity contribution is 0.210. The second kappa shape index (κ2) is 6.89. The number of likely N-dealkylation sites (tertiary alicyclic amines) is 1. The molecule has 20 heavy (non-hydrogen) atoms. The third-order valence-electron chi connectivity index (χ3n) is 3.61. The highest BCUT2D eigenvalue weighted by Gasteiger charge is 2.16. The monoisotopic (exact) mass is 274 g/mol. The normalized spacial score (nSPS) is 16.9. The van der Waals surface area contributed by atoms with Gasteiger partial charge in [0.15, 0.2) is 0 Å². The van der Waals surface area contributed by atoms with E-state index >= 15 is 0 Å². The minimum absolute atomic E-state index is 0.167. The average molecular weight is 274 g/mol. The van der Waals surface area contributed by atoms with Crippen molar-refractivity contribution in [3.8, 4) is 0 Å². The van der Waals surface area contributed by atoms with Crippen LogP contribution in [0.1, 0.15) is 37.8 Å². The third kappa shape index (κ3) is 4.07. The number of aliphatic imine (C=N–C) groups is 1. The van der Waals surface area contributed by atoms with Crippen molar-refractivity contribution in [2.45, 2.75) is 46.6 Å². The van der Waals surface area contributed by atoms with Gasteiger partial charge in [-0.1, -0.05) is 18.2 Å². The van der Waals surface area contributed by atoms with Crippen LogP contribution < -0.4 is 0 Å². The molecule has 2 rings (SSSR count). The van der Waals surface area contributed by atoms with E-state index in [1.165, 1.54) is 24.0 Å². The largest absolute Gasteiger partial charge is 0.477 e. The van der Waals surface area contributed by atoms with Gasteiger partial charge in [0.05, 0.1) is 18.3 Å². The fourth-order valence-electron chi connectivity index (χ4n) is 2.61. The summed E-state index contributed by atoms with van der Waals surface area (Å²) in [7, 11) is 0. The van der Waals surface area contributed by atoms with E-state index in [-0.39, 0.29) is 6.10 Å². The number of rotatable bonds is 4. The van der Waals surface area contributed by atoms with Crippen molar-refractivity contribution in [3.05, 3.63) is 29.3 Å². The van der Waals surface area contributed by atoms with Gasteiger partial charge in [-0.25, -0.2) is 4.99 Å². The van der Waals surface area contributed by atoms with Crippen molar-refractivity contribution in [2.24, 2.45) is 4.99 Å². The van der Waals surface area contributed by atoms with Gasteiger partial charge in [-0.15, -0.1) is 0 Å². The van der Waals surface area contributed by atoms with Crippen LogP contribution in [0, 0.1) is 13.8 Å². The molecular formula is C17H26N2O. The molecule has 0 N–H and O–H groups in total. The maximum absolute atomic E-state index is 5.93. The number of nitrogens with zero attached hydrogens (tertiary/aromatic N) is 2. The third-order valence-corrected chi connectivity index (χ3v) is 3.61. The topological polar surface area (TPSA) is 24.8 Å². The molecule has 0 amide bonds. The lowest BCUT2D eigenvalue weighted by Crippen LogP contribution is -2.29. The Labute approximate surface area is 122 Å². The van der Waals surface area contributed by atoms with Crippen LogP contribution in [0.25, 0.3) is 0 Å². The Bertz CT molecular complexity index is 454. The molecule has 0 bridgehead atoms. The van der Waals surface area contributed by atoms with E-state index in [9.17, 15) is 0 Å². The average Bonchev–Trinajstić information content (AvgIpc) is 2.86. The Hall–Kier alpha value is -1.35.